The summed E-state index contributed by atoms with van der Waals surface area (Å²) in [7, 11) is 0. The summed E-state index contributed by atoms with van der Waals surface area (Å²) in [5.74, 6) is -0.549. The highest BCUT2D eigenvalue weighted by Gasteiger charge is 2.27. The first kappa shape index (κ1) is 16.0. The number of amides is 1. The van der Waals surface area contributed by atoms with Gasteiger partial charge in [0.1, 0.15) is 17.7 Å². The average molecular weight is 308 g/mol. The van der Waals surface area contributed by atoms with Gasteiger partial charge < -0.3 is 20.1 Å². The van der Waals surface area contributed by atoms with E-state index in [0.29, 0.717) is 18.9 Å². The molecular formula is C14H20N4O4. The summed E-state index contributed by atoms with van der Waals surface area (Å²) < 4.78 is 5.22. The molecule has 1 atom stereocenters. The summed E-state index contributed by atoms with van der Waals surface area (Å²) in [6, 6.07) is 1.37. The number of anilines is 1. The van der Waals surface area contributed by atoms with Crippen molar-refractivity contribution in [3.8, 4) is 0 Å². The third-order valence-electron chi connectivity index (χ3n) is 3.10. The normalized spacial score (nSPS) is 18.1. The topological polar surface area (TPSA) is 105 Å². The van der Waals surface area contributed by atoms with Crippen molar-refractivity contribution in [2.45, 2.75) is 38.8 Å². The molecule has 120 valence electrons. The van der Waals surface area contributed by atoms with Crippen LogP contribution in [0.1, 0.15) is 37.7 Å². The van der Waals surface area contributed by atoms with Gasteiger partial charge in [-0.25, -0.2) is 19.6 Å². The van der Waals surface area contributed by atoms with Gasteiger partial charge in [-0.2, -0.15) is 0 Å². The molecule has 0 aromatic carbocycles. The van der Waals surface area contributed by atoms with Crippen molar-refractivity contribution in [1.29, 1.82) is 0 Å². The Morgan fingerprint density at radius 1 is 1.41 bits per heavy atom. The van der Waals surface area contributed by atoms with Gasteiger partial charge in [0.2, 0.25) is 0 Å². The fourth-order valence-electron chi connectivity index (χ4n) is 2.20. The second kappa shape index (κ2) is 6.17. The van der Waals surface area contributed by atoms with Crippen LogP contribution in [0.15, 0.2) is 12.4 Å². The average Bonchev–Trinajstić information content (AvgIpc) is 2.85. The third-order valence-corrected chi connectivity index (χ3v) is 3.10. The number of nitrogens with zero attached hydrogens (tertiary/aromatic N) is 3. The van der Waals surface area contributed by atoms with Gasteiger partial charge in [-0.1, -0.05) is 0 Å². The standard InChI is InChI=1S/C14H20N4O4/c1-14(2,3)22-13(21)17-9-4-5-18(7-9)11-6-10(12(19)20)15-8-16-11/h6,8-9H,4-5,7H2,1-3H3,(H,17,21)(H,19,20). The first-order valence-electron chi connectivity index (χ1n) is 7.04. The van der Waals surface area contributed by atoms with E-state index < -0.39 is 17.7 Å². The number of hydrogen-bond acceptors (Lipinski definition) is 6. The van der Waals surface area contributed by atoms with Crippen LogP contribution < -0.4 is 10.2 Å². The second-order valence-electron chi connectivity index (χ2n) is 6.14. The van der Waals surface area contributed by atoms with Crippen LogP contribution in [0, 0.1) is 0 Å². The highest BCUT2D eigenvalue weighted by molar-refractivity contribution is 5.86. The molecule has 2 N–H and O–H groups in total. The van der Waals surface area contributed by atoms with Crippen LogP contribution in [-0.2, 0) is 4.74 Å². The van der Waals surface area contributed by atoms with Crippen molar-refractivity contribution < 1.29 is 19.4 Å². The van der Waals surface area contributed by atoms with Gasteiger partial charge in [0, 0.05) is 19.2 Å². The van der Waals surface area contributed by atoms with E-state index in [9.17, 15) is 9.59 Å². The highest BCUT2D eigenvalue weighted by Crippen LogP contribution is 2.18. The molecule has 2 rings (SSSR count). The van der Waals surface area contributed by atoms with E-state index in [1.807, 2.05) is 25.7 Å². The fourth-order valence-corrected chi connectivity index (χ4v) is 2.20. The van der Waals surface area contributed by atoms with Gasteiger partial charge in [-0.05, 0) is 27.2 Å². The van der Waals surface area contributed by atoms with Crippen LogP contribution >= 0.6 is 0 Å². The van der Waals surface area contributed by atoms with Crippen LogP contribution in [-0.4, -0.2) is 51.9 Å². The molecule has 1 saturated heterocycles. The van der Waals surface area contributed by atoms with E-state index in [1.54, 1.807) is 0 Å². The number of ether oxygens (including phenoxy) is 1. The van der Waals surface area contributed by atoms with E-state index >= 15 is 0 Å². The molecule has 1 amide bonds. The Hall–Kier alpha value is -2.38. The van der Waals surface area contributed by atoms with E-state index in [2.05, 4.69) is 15.3 Å². The van der Waals surface area contributed by atoms with Crippen LogP contribution in [0.5, 0.6) is 0 Å². The summed E-state index contributed by atoms with van der Waals surface area (Å²) in [6.45, 7) is 6.65. The SMILES string of the molecule is CC(C)(C)OC(=O)NC1CCN(c2cc(C(=O)O)ncn2)C1. The minimum Gasteiger partial charge on any atom is -0.477 e. The first-order valence-corrected chi connectivity index (χ1v) is 7.04. The Morgan fingerprint density at radius 3 is 2.77 bits per heavy atom. The summed E-state index contributed by atoms with van der Waals surface area (Å²) >= 11 is 0. The van der Waals surface area contributed by atoms with Gasteiger partial charge in [0.15, 0.2) is 5.69 Å². The first-order chi connectivity index (χ1) is 10.2. The number of carbonyl (C=O) groups excluding carboxylic acids is 1. The number of hydrogen-bond donors (Lipinski definition) is 2. The Kier molecular flexibility index (Phi) is 4.48. The predicted octanol–water partition coefficient (Wildman–Crippen LogP) is 1.28. The molecule has 22 heavy (non-hydrogen) atoms. The second-order valence-corrected chi connectivity index (χ2v) is 6.14. The van der Waals surface area contributed by atoms with E-state index in [0.717, 1.165) is 6.42 Å². The molecule has 1 fully saturated rings. The molecule has 0 radical (unpaired) electrons. The van der Waals surface area contributed by atoms with Gasteiger partial charge in [0.05, 0.1) is 6.04 Å². The minimum atomic E-state index is -1.09. The minimum absolute atomic E-state index is 0.0476. The maximum absolute atomic E-state index is 11.7. The van der Waals surface area contributed by atoms with Crippen molar-refractivity contribution >= 4 is 17.9 Å². The number of carboxylic acids is 1. The lowest BCUT2D eigenvalue weighted by molar-refractivity contribution is 0.0508. The van der Waals surface area contributed by atoms with Crippen molar-refractivity contribution in [2.24, 2.45) is 0 Å². The summed E-state index contributed by atoms with van der Waals surface area (Å²) in [5.41, 5.74) is -0.584. The molecule has 0 aliphatic carbocycles. The predicted molar refractivity (Wildman–Crippen MR) is 79.0 cm³/mol. The van der Waals surface area contributed by atoms with Crippen molar-refractivity contribution in [2.75, 3.05) is 18.0 Å². The Bertz CT molecular complexity index is 570. The van der Waals surface area contributed by atoms with Crippen molar-refractivity contribution in [3.05, 3.63) is 18.1 Å². The zero-order chi connectivity index (χ0) is 16.3. The van der Waals surface area contributed by atoms with Gasteiger partial charge in [-0.3, -0.25) is 0 Å². The van der Waals surface area contributed by atoms with E-state index in [1.165, 1.54) is 12.4 Å². The zero-order valence-corrected chi connectivity index (χ0v) is 12.9. The maximum atomic E-state index is 11.7. The lowest BCUT2D eigenvalue weighted by Gasteiger charge is -2.22. The lowest BCUT2D eigenvalue weighted by Crippen LogP contribution is -2.40. The Balaban J connectivity index is 1.94. The molecule has 1 unspecified atom stereocenters. The number of carboxylic acid groups (broad SMARTS) is 1. The van der Waals surface area contributed by atoms with Crippen molar-refractivity contribution in [3.63, 3.8) is 0 Å². The molecular weight excluding hydrogens is 288 g/mol. The number of alkyl carbamates (subject to hydrolysis) is 1. The zero-order valence-electron chi connectivity index (χ0n) is 12.9. The number of aromatic carboxylic acids is 1. The molecule has 0 saturated carbocycles. The third kappa shape index (κ3) is 4.31. The number of aromatic nitrogens is 2. The van der Waals surface area contributed by atoms with E-state index in [4.69, 9.17) is 9.84 Å². The molecule has 1 aliphatic rings. The molecule has 1 aromatic heterocycles. The lowest BCUT2D eigenvalue weighted by atomic mass is 10.2. The molecule has 2 heterocycles. The molecule has 0 spiro atoms. The van der Waals surface area contributed by atoms with Gasteiger partial charge in [-0.15, -0.1) is 0 Å². The number of carbonyl (C=O) groups is 2. The molecule has 8 nitrogen and oxygen atoms in total. The summed E-state index contributed by atoms with van der Waals surface area (Å²) in [5, 5.41) is 11.8. The molecule has 1 aliphatic heterocycles. The summed E-state index contributed by atoms with van der Waals surface area (Å²) in [6.07, 6.45) is 1.52. The fraction of sp³-hybridized carbons (Fsp3) is 0.571. The summed E-state index contributed by atoms with van der Waals surface area (Å²) in [4.78, 5) is 32.4. The van der Waals surface area contributed by atoms with E-state index in [-0.39, 0.29) is 11.7 Å². The molecule has 8 heteroatoms. The van der Waals surface area contributed by atoms with Crippen LogP contribution in [0.2, 0.25) is 0 Å². The van der Waals surface area contributed by atoms with Gasteiger partial charge in [0.25, 0.3) is 0 Å². The van der Waals surface area contributed by atoms with Crippen LogP contribution in [0.3, 0.4) is 0 Å². The monoisotopic (exact) mass is 308 g/mol. The quantitative estimate of drug-likeness (QED) is 0.866. The Morgan fingerprint density at radius 2 is 2.14 bits per heavy atom. The Labute approximate surface area is 128 Å². The van der Waals surface area contributed by atoms with Gasteiger partial charge >= 0.3 is 12.1 Å². The largest absolute Gasteiger partial charge is 0.477 e. The van der Waals surface area contributed by atoms with Crippen LogP contribution in [0.4, 0.5) is 10.6 Å². The van der Waals surface area contributed by atoms with Crippen molar-refractivity contribution in [1.82, 2.24) is 15.3 Å². The highest BCUT2D eigenvalue weighted by atomic mass is 16.6. The van der Waals surface area contributed by atoms with Crippen LogP contribution in [0.25, 0.3) is 0 Å². The maximum Gasteiger partial charge on any atom is 0.407 e. The number of rotatable bonds is 3. The molecule has 0 bridgehead atoms. The number of nitrogens with one attached hydrogen (secondary N) is 1. The smallest absolute Gasteiger partial charge is 0.407 e. The molecule has 1 aromatic rings.